The molecule has 1 aliphatic rings. The van der Waals surface area contributed by atoms with Crippen molar-refractivity contribution in [2.24, 2.45) is 5.92 Å². The highest BCUT2D eigenvalue weighted by molar-refractivity contribution is 7.21. The Labute approximate surface area is 184 Å². The van der Waals surface area contributed by atoms with Crippen molar-refractivity contribution in [3.8, 4) is 10.6 Å². The number of para-hydroxylation sites is 2. The molecule has 2 N–H and O–H groups in total. The fourth-order valence-corrected chi connectivity index (χ4v) is 4.84. The largest absolute Gasteiger partial charge is 0.326 e. The van der Waals surface area contributed by atoms with E-state index in [2.05, 4.69) is 21.7 Å². The molecule has 0 spiro atoms. The summed E-state index contributed by atoms with van der Waals surface area (Å²) in [5.41, 5.74) is 4.76. The summed E-state index contributed by atoms with van der Waals surface area (Å²) in [6.07, 6.45) is 1.50. The van der Waals surface area contributed by atoms with Crippen LogP contribution in [-0.2, 0) is 16.0 Å². The van der Waals surface area contributed by atoms with Crippen LogP contribution in [0.25, 0.3) is 20.8 Å². The average Bonchev–Trinajstić information content (AvgIpc) is 3.22. The Morgan fingerprint density at radius 2 is 1.81 bits per heavy atom. The molecule has 0 saturated carbocycles. The quantitative estimate of drug-likeness (QED) is 0.442. The lowest BCUT2D eigenvalue weighted by Crippen LogP contribution is -2.30. The standard InChI is InChI=1S/C25H21N3O2S/c29-23(14-11-18-15-17-5-1-2-6-20(17)27-24(18)30)26-19-12-9-16(10-13-19)25-28-21-7-3-4-8-22(21)31-25/h1-10,12-13,18H,11,14-15H2,(H,26,29)(H,27,30). The first-order valence-corrected chi connectivity index (χ1v) is 11.1. The maximum atomic E-state index is 12.4. The van der Waals surface area contributed by atoms with E-state index in [1.165, 1.54) is 0 Å². The molecule has 2 amide bonds. The van der Waals surface area contributed by atoms with Crippen molar-refractivity contribution in [3.05, 3.63) is 78.4 Å². The van der Waals surface area contributed by atoms with Crippen LogP contribution in [0, 0.1) is 5.92 Å². The van der Waals surface area contributed by atoms with Gasteiger partial charge in [0.1, 0.15) is 5.01 Å². The van der Waals surface area contributed by atoms with Gasteiger partial charge in [-0.1, -0.05) is 30.3 Å². The molecule has 6 heteroatoms. The molecule has 154 valence electrons. The van der Waals surface area contributed by atoms with Crippen molar-refractivity contribution in [2.45, 2.75) is 19.3 Å². The lowest BCUT2D eigenvalue weighted by Gasteiger charge is -2.24. The van der Waals surface area contributed by atoms with Crippen LogP contribution < -0.4 is 10.6 Å². The van der Waals surface area contributed by atoms with Crippen LogP contribution in [0.5, 0.6) is 0 Å². The van der Waals surface area contributed by atoms with E-state index in [0.717, 1.165) is 37.7 Å². The number of carbonyl (C=O) groups is 2. The molecular weight excluding hydrogens is 406 g/mol. The fraction of sp³-hybridized carbons (Fsp3) is 0.160. The van der Waals surface area contributed by atoms with Gasteiger partial charge in [-0.25, -0.2) is 4.98 Å². The van der Waals surface area contributed by atoms with Gasteiger partial charge < -0.3 is 10.6 Å². The number of anilines is 2. The number of aromatic nitrogens is 1. The summed E-state index contributed by atoms with van der Waals surface area (Å²) in [5.74, 6) is -0.270. The lowest BCUT2D eigenvalue weighted by molar-refractivity contribution is -0.121. The third-order valence-corrected chi connectivity index (χ3v) is 6.63. The minimum Gasteiger partial charge on any atom is -0.326 e. The van der Waals surface area contributed by atoms with Gasteiger partial charge in [-0.15, -0.1) is 11.3 Å². The van der Waals surface area contributed by atoms with Gasteiger partial charge >= 0.3 is 0 Å². The highest BCUT2D eigenvalue weighted by atomic mass is 32.1. The van der Waals surface area contributed by atoms with E-state index in [-0.39, 0.29) is 17.7 Å². The first-order chi connectivity index (χ1) is 15.2. The van der Waals surface area contributed by atoms with E-state index in [9.17, 15) is 9.59 Å². The molecule has 0 fully saturated rings. The van der Waals surface area contributed by atoms with E-state index in [4.69, 9.17) is 0 Å². The van der Waals surface area contributed by atoms with E-state index in [1.807, 2.05) is 66.7 Å². The normalized spacial score (nSPS) is 15.4. The molecule has 5 nitrogen and oxygen atoms in total. The number of hydrogen-bond donors (Lipinski definition) is 2. The highest BCUT2D eigenvalue weighted by Crippen LogP contribution is 2.31. The second kappa shape index (κ2) is 8.32. The van der Waals surface area contributed by atoms with Crippen LogP contribution in [0.1, 0.15) is 18.4 Å². The minimum atomic E-state index is -0.179. The van der Waals surface area contributed by atoms with Crippen molar-refractivity contribution >= 4 is 44.7 Å². The van der Waals surface area contributed by atoms with E-state index < -0.39 is 0 Å². The molecule has 0 radical (unpaired) electrons. The number of amides is 2. The van der Waals surface area contributed by atoms with Crippen molar-refractivity contribution in [1.82, 2.24) is 4.98 Å². The topological polar surface area (TPSA) is 71.1 Å². The Morgan fingerprint density at radius 3 is 2.65 bits per heavy atom. The molecule has 5 rings (SSSR count). The SMILES string of the molecule is O=C(CCC1Cc2ccccc2NC1=O)Nc1ccc(-c2nc3ccccc3s2)cc1. The lowest BCUT2D eigenvalue weighted by atomic mass is 9.89. The number of carbonyl (C=O) groups excluding carboxylic acids is 2. The predicted octanol–water partition coefficient (Wildman–Crippen LogP) is 5.49. The third kappa shape index (κ3) is 4.20. The predicted molar refractivity (Wildman–Crippen MR) is 125 cm³/mol. The number of hydrogen-bond acceptors (Lipinski definition) is 4. The molecule has 3 aromatic carbocycles. The number of thiazole rings is 1. The van der Waals surface area contributed by atoms with Gasteiger partial charge in [-0.3, -0.25) is 9.59 Å². The molecule has 1 atom stereocenters. The number of benzene rings is 3. The molecule has 1 aliphatic heterocycles. The van der Waals surface area contributed by atoms with Gasteiger partial charge in [0.2, 0.25) is 11.8 Å². The number of rotatable bonds is 5. The van der Waals surface area contributed by atoms with Crippen LogP contribution in [0.15, 0.2) is 72.8 Å². The summed E-state index contributed by atoms with van der Waals surface area (Å²) in [4.78, 5) is 29.4. The minimum absolute atomic E-state index is 0.00770. The molecule has 1 aromatic heterocycles. The van der Waals surface area contributed by atoms with Gasteiger partial charge in [0.25, 0.3) is 0 Å². The summed E-state index contributed by atoms with van der Waals surface area (Å²) in [6.45, 7) is 0. The van der Waals surface area contributed by atoms with Gasteiger partial charge in [0.05, 0.1) is 10.2 Å². The molecule has 0 saturated heterocycles. The Balaban J connectivity index is 1.19. The fourth-order valence-electron chi connectivity index (χ4n) is 3.87. The Hall–Kier alpha value is -3.51. The average molecular weight is 428 g/mol. The van der Waals surface area contributed by atoms with Crippen LogP contribution in [-0.4, -0.2) is 16.8 Å². The van der Waals surface area contributed by atoms with Crippen molar-refractivity contribution in [3.63, 3.8) is 0 Å². The molecule has 31 heavy (non-hydrogen) atoms. The summed E-state index contributed by atoms with van der Waals surface area (Å²) in [7, 11) is 0. The summed E-state index contributed by atoms with van der Waals surface area (Å²) >= 11 is 1.65. The zero-order chi connectivity index (χ0) is 21.2. The molecule has 4 aromatic rings. The number of fused-ring (bicyclic) bond motifs is 2. The second-order valence-electron chi connectivity index (χ2n) is 7.70. The molecule has 1 unspecified atom stereocenters. The molecule has 2 heterocycles. The zero-order valence-corrected chi connectivity index (χ0v) is 17.6. The van der Waals surface area contributed by atoms with E-state index in [0.29, 0.717) is 19.3 Å². The summed E-state index contributed by atoms with van der Waals surface area (Å²) < 4.78 is 1.16. The van der Waals surface area contributed by atoms with Crippen LogP contribution >= 0.6 is 11.3 Å². The Kier molecular flexibility index (Phi) is 5.22. The third-order valence-electron chi connectivity index (χ3n) is 5.54. The van der Waals surface area contributed by atoms with Gasteiger partial charge in [0.15, 0.2) is 0 Å². The smallest absolute Gasteiger partial charge is 0.227 e. The van der Waals surface area contributed by atoms with E-state index >= 15 is 0 Å². The van der Waals surface area contributed by atoms with Crippen LogP contribution in [0.2, 0.25) is 0 Å². The Morgan fingerprint density at radius 1 is 1.03 bits per heavy atom. The molecular formula is C25H21N3O2S. The highest BCUT2D eigenvalue weighted by Gasteiger charge is 2.26. The maximum absolute atomic E-state index is 12.4. The van der Waals surface area contributed by atoms with E-state index in [1.54, 1.807) is 11.3 Å². The summed E-state index contributed by atoms with van der Waals surface area (Å²) in [5, 5.41) is 6.83. The van der Waals surface area contributed by atoms with Crippen LogP contribution in [0.3, 0.4) is 0 Å². The van der Waals surface area contributed by atoms with Gasteiger partial charge in [0, 0.05) is 29.3 Å². The number of nitrogens with one attached hydrogen (secondary N) is 2. The zero-order valence-electron chi connectivity index (χ0n) is 16.8. The van der Waals surface area contributed by atoms with Gasteiger partial charge in [-0.05, 0) is 60.9 Å². The van der Waals surface area contributed by atoms with Crippen LogP contribution in [0.4, 0.5) is 11.4 Å². The number of nitrogens with zero attached hydrogens (tertiary/aromatic N) is 1. The van der Waals surface area contributed by atoms with Gasteiger partial charge in [-0.2, -0.15) is 0 Å². The monoisotopic (exact) mass is 427 g/mol. The first-order valence-electron chi connectivity index (χ1n) is 10.3. The first kappa shape index (κ1) is 19.5. The van der Waals surface area contributed by atoms with Crippen molar-refractivity contribution in [1.29, 1.82) is 0 Å². The Bertz CT molecular complexity index is 1230. The molecule has 0 bridgehead atoms. The maximum Gasteiger partial charge on any atom is 0.227 e. The van der Waals surface area contributed by atoms with Crippen molar-refractivity contribution < 1.29 is 9.59 Å². The molecule has 0 aliphatic carbocycles. The second-order valence-corrected chi connectivity index (χ2v) is 8.73. The van der Waals surface area contributed by atoms with Crippen molar-refractivity contribution in [2.75, 3.05) is 10.6 Å². The summed E-state index contributed by atoms with van der Waals surface area (Å²) in [6, 6.07) is 23.6.